The summed E-state index contributed by atoms with van der Waals surface area (Å²) in [5.74, 6) is -0.236. The number of thioether (sulfide) groups is 1. The van der Waals surface area contributed by atoms with Crippen LogP contribution < -0.4 is 10.6 Å². The topological polar surface area (TPSA) is 95.6 Å². The molecule has 2 amide bonds. The molecule has 2 aliphatic rings. The number of amides is 2. The third-order valence-electron chi connectivity index (χ3n) is 6.97. The van der Waals surface area contributed by atoms with Gasteiger partial charge in [0, 0.05) is 30.4 Å². The van der Waals surface area contributed by atoms with Crippen LogP contribution >= 0.6 is 11.8 Å². The fourth-order valence-electron chi connectivity index (χ4n) is 4.75. The number of benzene rings is 2. The molecule has 3 unspecified atom stereocenters. The van der Waals surface area contributed by atoms with Gasteiger partial charge in [-0.15, -0.1) is 11.8 Å². The number of nitrogens with one attached hydrogen (secondary N) is 2. The monoisotopic (exact) mass is 541 g/mol. The minimum atomic E-state index is -3.65. The Morgan fingerprint density at radius 2 is 1.76 bits per heavy atom. The second-order valence-electron chi connectivity index (χ2n) is 10.7. The predicted octanol–water partition coefficient (Wildman–Crippen LogP) is 3.71. The fraction of sp³-hybridized carbons (Fsp3) is 0.429. The lowest BCUT2D eigenvalue weighted by Gasteiger charge is -2.19. The second kappa shape index (κ2) is 11.0. The van der Waals surface area contributed by atoms with Crippen molar-refractivity contribution in [3.05, 3.63) is 77.9 Å². The summed E-state index contributed by atoms with van der Waals surface area (Å²) in [5.41, 5.74) is 2.95. The van der Waals surface area contributed by atoms with Gasteiger partial charge < -0.3 is 10.6 Å². The van der Waals surface area contributed by atoms with Gasteiger partial charge in [0.15, 0.2) is 0 Å². The van der Waals surface area contributed by atoms with Crippen LogP contribution in [0.5, 0.6) is 0 Å². The first-order valence-corrected chi connectivity index (χ1v) is 14.9. The molecule has 37 heavy (non-hydrogen) atoms. The van der Waals surface area contributed by atoms with Crippen molar-refractivity contribution in [2.24, 2.45) is 5.92 Å². The van der Waals surface area contributed by atoms with Gasteiger partial charge in [0.25, 0.3) is 5.91 Å². The van der Waals surface area contributed by atoms with E-state index in [1.54, 1.807) is 23.9 Å². The molecule has 0 aliphatic carbocycles. The Hall–Kier alpha value is -2.62. The van der Waals surface area contributed by atoms with Crippen molar-refractivity contribution in [2.75, 3.05) is 19.6 Å². The van der Waals surface area contributed by atoms with Gasteiger partial charge in [-0.25, -0.2) is 8.42 Å². The zero-order valence-electron chi connectivity index (χ0n) is 21.6. The predicted molar refractivity (Wildman–Crippen MR) is 148 cm³/mol. The summed E-state index contributed by atoms with van der Waals surface area (Å²) < 4.78 is 27.9. The summed E-state index contributed by atoms with van der Waals surface area (Å²) in [6, 6.07) is 14.6. The van der Waals surface area contributed by atoms with E-state index in [9.17, 15) is 18.0 Å². The minimum absolute atomic E-state index is 0.00833. The van der Waals surface area contributed by atoms with Crippen molar-refractivity contribution < 1.29 is 18.0 Å². The van der Waals surface area contributed by atoms with E-state index in [4.69, 9.17) is 0 Å². The summed E-state index contributed by atoms with van der Waals surface area (Å²) in [5, 5.41) is 5.95. The van der Waals surface area contributed by atoms with Gasteiger partial charge in [0.05, 0.1) is 10.3 Å². The van der Waals surface area contributed by atoms with E-state index < -0.39 is 10.0 Å². The first-order chi connectivity index (χ1) is 17.5. The first-order valence-electron chi connectivity index (χ1n) is 12.5. The minimum Gasteiger partial charge on any atom is -0.352 e. The van der Waals surface area contributed by atoms with E-state index in [2.05, 4.69) is 62.2 Å². The Morgan fingerprint density at radius 3 is 2.35 bits per heavy atom. The molecule has 4 rings (SSSR count). The molecule has 3 atom stereocenters. The van der Waals surface area contributed by atoms with Crippen LogP contribution in [0.3, 0.4) is 0 Å². The smallest absolute Gasteiger partial charge is 0.251 e. The molecule has 0 saturated carbocycles. The summed E-state index contributed by atoms with van der Waals surface area (Å²) in [6.07, 6.45) is 2.71. The summed E-state index contributed by atoms with van der Waals surface area (Å²) in [7, 11) is -3.65. The normalized spacial score (nSPS) is 21.9. The van der Waals surface area contributed by atoms with E-state index in [1.807, 2.05) is 0 Å². The Bertz CT molecular complexity index is 1240. The van der Waals surface area contributed by atoms with Gasteiger partial charge in [-0.05, 0) is 65.6 Å². The lowest BCUT2D eigenvalue weighted by Crippen LogP contribution is -2.33. The van der Waals surface area contributed by atoms with E-state index >= 15 is 0 Å². The molecular formula is C28H35N3O4S2. The lowest BCUT2D eigenvalue weighted by atomic mass is 9.86. The van der Waals surface area contributed by atoms with Gasteiger partial charge in [-0.1, -0.05) is 51.6 Å². The number of fused-ring (bicyclic) bond motifs is 1. The highest BCUT2D eigenvalue weighted by atomic mass is 32.2. The third kappa shape index (κ3) is 6.45. The highest BCUT2D eigenvalue weighted by molar-refractivity contribution is 8.00. The van der Waals surface area contributed by atoms with Crippen LogP contribution in [-0.2, 0) is 26.7 Å². The zero-order chi connectivity index (χ0) is 26.8. The number of nitrogens with zero attached hydrogens (tertiary/aromatic N) is 1. The fourth-order valence-corrected chi connectivity index (χ4v) is 8.02. The number of sulfonamides is 1. The molecule has 0 bridgehead atoms. The Morgan fingerprint density at radius 1 is 1.08 bits per heavy atom. The van der Waals surface area contributed by atoms with Crippen molar-refractivity contribution in [2.45, 2.75) is 54.5 Å². The van der Waals surface area contributed by atoms with Crippen LogP contribution in [0.15, 0.2) is 66.1 Å². The molecule has 2 fully saturated rings. The highest BCUT2D eigenvalue weighted by Gasteiger charge is 2.45. The van der Waals surface area contributed by atoms with Gasteiger partial charge in [-0.2, -0.15) is 4.31 Å². The first kappa shape index (κ1) is 27.4. The van der Waals surface area contributed by atoms with Crippen LogP contribution in [0.2, 0.25) is 0 Å². The van der Waals surface area contributed by atoms with Gasteiger partial charge in [0.1, 0.15) is 0 Å². The second-order valence-corrected chi connectivity index (χ2v) is 14.1. The van der Waals surface area contributed by atoms with Crippen molar-refractivity contribution >= 4 is 33.6 Å². The molecule has 0 spiro atoms. The summed E-state index contributed by atoms with van der Waals surface area (Å²) in [6.45, 7) is 11.3. The van der Waals surface area contributed by atoms with Gasteiger partial charge in [-0.3, -0.25) is 9.59 Å². The van der Waals surface area contributed by atoms with Crippen LogP contribution in [-0.4, -0.2) is 54.8 Å². The number of hydrogen-bond donors (Lipinski definition) is 2. The standard InChI is InChI=1S/C28H35N3O4S2/c1-5-25(32)30-26-16-21-17-31(18-24(21)36-26)37(34,35)23-12-8-20(9-13-23)27(33)29-15-14-19-6-10-22(11-7-19)28(2,3)4/h5-13,21,24,26H,1,14-18H2,2-4H3,(H,29,33)(H,30,32). The molecule has 9 heteroatoms. The van der Waals surface area contributed by atoms with Crippen LogP contribution in [0.4, 0.5) is 0 Å². The van der Waals surface area contributed by atoms with E-state index in [0.717, 1.165) is 18.4 Å². The average molecular weight is 542 g/mol. The molecule has 2 aliphatic heterocycles. The van der Waals surface area contributed by atoms with Crippen molar-refractivity contribution in [1.29, 1.82) is 0 Å². The van der Waals surface area contributed by atoms with Crippen molar-refractivity contribution in [3.8, 4) is 0 Å². The maximum absolute atomic E-state index is 13.2. The molecular weight excluding hydrogens is 506 g/mol. The van der Waals surface area contributed by atoms with Crippen molar-refractivity contribution in [3.63, 3.8) is 0 Å². The molecule has 0 aromatic heterocycles. The largest absolute Gasteiger partial charge is 0.352 e. The molecule has 2 heterocycles. The van der Waals surface area contributed by atoms with Gasteiger partial charge >= 0.3 is 0 Å². The molecule has 2 saturated heterocycles. The van der Waals surface area contributed by atoms with E-state index in [0.29, 0.717) is 25.2 Å². The SMILES string of the molecule is C=CC(=O)NC1CC2CN(S(=O)(=O)c3ccc(C(=O)NCCc4ccc(C(C)(C)C)cc4)cc3)CC2S1. The Kier molecular flexibility index (Phi) is 8.16. The quantitative estimate of drug-likeness (QED) is 0.497. The number of hydrogen-bond acceptors (Lipinski definition) is 5. The summed E-state index contributed by atoms with van der Waals surface area (Å²) >= 11 is 1.62. The van der Waals surface area contributed by atoms with Crippen LogP contribution in [0.25, 0.3) is 0 Å². The molecule has 2 aromatic carbocycles. The molecule has 0 radical (unpaired) electrons. The van der Waals surface area contributed by atoms with E-state index in [-0.39, 0.29) is 38.7 Å². The molecule has 7 nitrogen and oxygen atoms in total. The van der Waals surface area contributed by atoms with Crippen molar-refractivity contribution in [1.82, 2.24) is 14.9 Å². The summed E-state index contributed by atoms with van der Waals surface area (Å²) in [4.78, 5) is 24.3. The van der Waals surface area contributed by atoms with E-state index in [1.165, 1.54) is 28.1 Å². The molecule has 2 aromatic rings. The lowest BCUT2D eigenvalue weighted by molar-refractivity contribution is -0.116. The number of rotatable bonds is 8. The average Bonchev–Trinajstić information content (AvgIpc) is 3.43. The maximum atomic E-state index is 13.2. The Balaban J connectivity index is 1.28. The zero-order valence-corrected chi connectivity index (χ0v) is 23.2. The molecule has 2 N–H and O–H groups in total. The maximum Gasteiger partial charge on any atom is 0.251 e. The number of carbonyl (C=O) groups is 2. The highest BCUT2D eigenvalue weighted by Crippen LogP contribution is 2.43. The van der Waals surface area contributed by atoms with Crippen LogP contribution in [0, 0.1) is 5.92 Å². The van der Waals surface area contributed by atoms with Crippen LogP contribution in [0.1, 0.15) is 48.7 Å². The molecule has 198 valence electrons. The third-order valence-corrected chi connectivity index (χ3v) is 10.3. The Labute approximate surface area is 224 Å². The van der Waals surface area contributed by atoms with Gasteiger partial charge in [0.2, 0.25) is 15.9 Å². The number of carbonyl (C=O) groups excluding carboxylic acids is 2.